The number of likely N-dealkylation sites (tertiary alicyclic amines) is 1. The zero-order chi connectivity index (χ0) is 13.1. The number of carbonyl (C=O) groups is 1. The summed E-state index contributed by atoms with van der Waals surface area (Å²) in [6.45, 7) is 7.84. The van der Waals surface area contributed by atoms with Crippen molar-refractivity contribution in [3.63, 3.8) is 0 Å². The van der Waals surface area contributed by atoms with Gasteiger partial charge in [-0.05, 0) is 63.4 Å². The Balaban J connectivity index is 1.94. The minimum absolute atomic E-state index is 0.0914. The lowest BCUT2D eigenvalue weighted by molar-refractivity contribution is -0.117. The maximum absolute atomic E-state index is 12.0. The molecule has 1 atom stereocenters. The van der Waals surface area contributed by atoms with Crippen LogP contribution in [0.5, 0.6) is 0 Å². The highest BCUT2D eigenvalue weighted by molar-refractivity contribution is 5.92. The van der Waals surface area contributed by atoms with Gasteiger partial charge in [0, 0.05) is 11.7 Å². The Morgan fingerprint density at radius 1 is 1.33 bits per heavy atom. The molecule has 2 rings (SSSR count). The first kappa shape index (κ1) is 13.1. The van der Waals surface area contributed by atoms with Crippen LogP contribution in [0.1, 0.15) is 30.9 Å². The maximum atomic E-state index is 12.0. The van der Waals surface area contributed by atoms with E-state index in [1.807, 2.05) is 26.0 Å². The molecule has 18 heavy (non-hydrogen) atoms. The molecule has 1 aliphatic rings. The zero-order valence-electron chi connectivity index (χ0n) is 11.5. The van der Waals surface area contributed by atoms with Crippen molar-refractivity contribution in [2.75, 3.05) is 18.4 Å². The van der Waals surface area contributed by atoms with Gasteiger partial charge in [0.2, 0.25) is 5.91 Å². The lowest BCUT2D eigenvalue weighted by Gasteiger charge is -2.20. The molecule has 0 unspecified atom stereocenters. The fourth-order valence-electron chi connectivity index (χ4n) is 2.66. The van der Waals surface area contributed by atoms with Gasteiger partial charge in [-0.25, -0.2) is 0 Å². The summed E-state index contributed by atoms with van der Waals surface area (Å²) in [4.78, 5) is 14.2. The van der Waals surface area contributed by atoms with Crippen LogP contribution in [0.3, 0.4) is 0 Å². The van der Waals surface area contributed by atoms with Crippen molar-refractivity contribution < 1.29 is 4.79 Å². The molecule has 0 radical (unpaired) electrons. The lowest BCUT2D eigenvalue weighted by atomic mass is 10.1. The van der Waals surface area contributed by atoms with E-state index in [-0.39, 0.29) is 5.91 Å². The van der Waals surface area contributed by atoms with Gasteiger partial charge in [-0.1, -0.05) is 6.07 Å². The van der Waals surface area contributed by atoms with Crippen LogP contribution in [0.4, 0.5) is 5.69 Å². The molecule has 1 heterocycles. The molecule has 1 aromatic carbocycles. The smallest absolute Gasteiger partial charge is 0.238 e. The Hall–Kier alpha value is -1.35. The number of hydrogen-bond donors (Lipinski definition) is 1. The van der Waals surface area contributed by atoms with Crippen LogP contribution in [0.25, 0.3) is 0 Å². The second-order valence-electron chi connectivity index (χ2n) is 5.39. The number of amides is 1. The highest BCUT2D eigenvalue weighted by atomic mass is 16.2. The van der Waals surface area contributed by atoms with Gasteiger partial charge in [0.05, 0.1) is 6.54 Å². The molecule has 3 heteroatoms. The Morgan fingerprint density at radius 2 is 2.00 bits per heavy atom. The molecule has 0 aliphatic carbocycles. The molecule has 3 nitrogen and oxygen atoms in total. The van der Waals surface area contributed by atoms with E-state index in [9.17, 15) is 4.79 Å². The average molecular weight is 246 g/mol. The van der Waals surface area contributed by atoms with Crippen LogP contribution in [0.15, 0.2) is 18.2 Å². The van der Waals surface area contributed by atoms with Crippen molar-refractivity contribution >= 4 is 11.6 Å². The van der Waals surface area contributed by atoms with Gasteiger partial charge < -0.3 is 5.32 Å². The number of benzene rings is 1. The van der Waals surface area contributed by atoms with Gasteiger partial charge in [-0.3, -0.25) is 9.69 Å². The van der Waals surface area contributed by atoms with E-state index >= 15 is 0 Å². The Labute approximate surface area is 109 Å². The number of carbonyl (C=O) groups excluding carboxylic acids is 1. The predicted octanol–water partition coefficient (Wildman–Crippen LogP) is 2.73. The topological polar surface area (TPSA) is 32.3 Å². The molecular formula is C15H22N2O. The Morgan fingerprint density at radius 3 is 2.56 bits per heavy atom. The summed E-state index contributed by atoms with van der Waals surface area (Å²) in [7, 11) is 0. The maximum Gasteiger partial charge on any atom is 0.238 e. The van der Waals surface area contributed by atoms with Crippen LogP contribution < -0.4 is 5.32 Å². The van der Waals surface area contributed by atoms with Crippen molar-refractivity contribution in [3.05, 3.63) is 29.3 Å². The van der Waals surface area contributed by atoms with E-state index in [2.05, 4.69) is 23.2 Å². The molecule has 1 amide bonds. The average Bonchev–Trinajstić information content (AvgIpc) is 2.62. The van der Waals surface area contributed by atoms with E-state index in [1.165, 1.54) is 24.0 Å². The number of nitrogens with one attached hydrogen (secondary N) is 1. The van der Waals surface area contributed by atoms with Crippen LogP contribution in [0.2, 0.25) is 0 Å². The molecule has 0 saturated carbocycles. The Kier molecular flexibility index (Phi) is 4.02. The van der Waals surface area contributed by atoms with Gasteiger partial charge in [0.15, 0.2) is 0 Å². The largest absolute Gasteiger partial charge is 0.325 e. The second kappa shape index (κ2) is 5.53. The first-order valence-electron chi connectivity index (χ1n) is 6.67. The van der Waals surface area contributed by atoms with Crippen molar-refractivity contribution in [1.29, 1.82) is 0 Å². The summed E-state index contributed by atoms with van der Waals surface area (Å²) in [6, 6.07) is 6.67. The van der Waals surface area contributed by atoms with E-state index in [4.69, 9.17) is 0 Å². The minimum Gasteiger partial charge on any atom is -0.325 e. The monoisotopic (exact) mass is 246 g/mol. The minimum atomic E-state index is 0.0914. The number of rotatable bonds is 3. The molecular weight excluding hydrogens is 224 g/mol. The molecule has 1 saturated heterocycles. The molecule has 1 aliphatic heterocycles. The van der Waals surface area contributed by atoms with E-state index in [0.29, 0.717) is 12.6 Å². The first-order valence-corrected chi connectivity index (χ1v) is 6.67. The number of nitrogens with zero attached hydrogens (tertiary/aromatic N) is 1. The van der Waals surface area contributed by atoms with Gasteiger partial charge in [0.1, 0.15) is 0 Å². The fraction of sp³-hybridized carbons (Fsp3) is 0.533. The van der Waals surface area contributed by atoms with Crippen LogP contribution in [-0.2, 0) is 4.79 Å². The number of aryl methyl sites for hydroxylation is 2. The molecule has 0 aromatic heterocycles. The first-order chi connectivity index (χ1) is 8.54. The highest BCUT2D eigenvalue weighted by Gasteiger charge is 2.22. The van der Waals surface area contributed by atoms with Gasteiger partial charge in [0.25, 0.3) is 0 Å². The fourth-order valence-corrected chi connectivity index (χ4v) is 2.66. The number of hydrogen-bond acceptors (Lipinski definition) is 2. The molecule has 0 spiro atoms. The van der Waals surface area contributed by atoms with E-state index in [1.54, 1.807) is 0 Å². The quantitative estimate of drug-likeness (QED) is 0.889. The molecule has 1 N–H and O–H groups in total. The van der Waals surface area contributed by atoms with E-state index in [0.717, 1.165) is 12.2 Å². The van der Waals surface area contributed by atoms with Gasteiger partial charge in [-0.2, -0.15) is 0 Å². The molecule has 1 fully saturated rings. The highest BCUT2D eigenvalue weighted by Crippen LogP contribution is 2.17. The molecule has 0 bridgehead atoms. The van der Waals surface area contributed by atoms with Crippen molar-refractivity contribution in [3.8, 4) is 0 Å². The normalized spacial score (nSPS) is 20.1. The molecule has 98 valence electrons. The Bertz CT molecular complexity index is 422. The standard InChI is InChI=1S/C15H22N2O/c1-11-7-12(2)9-14(8-11)16-15(18)10-17-6-4-5-13(17)3/h7-9,13H,4-6,10H2,1-3H3,(H,16,18)/t13-/m0/s1. The van der Waals surface area contributed by atoms with Crippen LogP contribution >= 0.6 is 0 Å². The zero-order valence-corrected chi connectivity index (χ0v) is 11.5. The third-order valence-electron chi connectivity index (χ3n) is 3.54. The summed E-state index contributed by atoms with van der Waals surface area (Å²) in [5.74, 6) is 0.0914. The van der Waals surface area contributed by atoms with E-state index < -0.39 is 0 Å². The van der Waals surface area contributed by atoms with Gasteiger partial charge in [-0.15, -0.1) is 0 Å². The summed E-state index contributed by atoms with van der Waals surface area (Å²) in [5.41, 5.74) is 3.27. The third kappa shape index (κ3) is 3.33. The predicted molar refractivity (Wildman–Crippen MR) is 74.8 cm³/mol. The van der Waals surface area contributed by atoms with Crippen LogP contribution in [0, 0.1) is 13.8 Å². The van der Waals surface area contributed by atoms with Crippen molar-refractivity contribution in [2.24, 2.45) is 0 Å². The summed E-state index contributed by atoms with van der Waals surface area (Å²) < 4.78 is 0. The summed E-state index contributed by atoms with van der Waals surface area (Å²) in [6.07, 6.45) is 2.41. The third-order valence-corrected chi connectivity index (χ3v) is 3.54. The van der Waals surface area contributed by atoms with Crippen molar-refractivity contribution in [1.82, 2.24) is 4.90 Å². The van der Waals surface area contributed by atoms with Crippen molar-refractivity contribution in [2.45, 2.75) is 39.7 Å². The number of anilines is 1. The van der Waals surface area contributed by atoms with Gasteiger partial charge >= 0.3 is 0 Å². The molecule has 1 aromatic rings. The SMILES string of the molecule is Cc1cc(C)cc(NC(=O)CN2CCC[C@@H]2C)c1. The summed E-state index contributed by atoms with van der Waals surface area (Å²) >= 11 is 0. The van der Waals surface area contributed by atoms with Crippen LogP contribution in [-0.4, -0.2) is 29.9 Å². The lowest BCUT2D eigenvalue weighted by Crippen LogP contribution is -2.35. The summed E-state index contributed by atoms with van der Waals surface area (Å²) in [5, 5.41) is 2.99. The second-order valence-corrected chi connectivity index (χ2v) is 5.39.